The van der Waals surface area contributed by atoms with Gasteiger partial charge in [-0.3, -0.25) is 19.2 Å². The van der Waals surface area contributed by atoms with E-state index in [0.717, 1.165) is 141 Å². The number of hydrogen-bond acceptors (Lipinski definition) is 6. The van der Waals surface area contributed by atoms with Crippen LogP contribution in [0.1, 0.15) is 182 Å². The Balaban J connectivity index is 0.000000480. The van der Waals surface area contributed by atoms with Crippen LogP contribution < -0.4 is 0 Å². The van der Waals surface area contributed by atoms with Gasteiger partial charge in [0.05, 0.1) is 33.9 Å². The zero-order valence-electron chi connectivity index (χ0n) is 30.4. The van der Waals surface area contributed by atoms with Crippen molar-refractivity contribution >= 4 is 23.9 Å². The molecule has 10 heteroatoms. The van der Waals surface area contributed by atoms with Crippen LogP contribution >= 0.6 is 0 Å². The summed E-state index contributed by atoms with van der Waals surface area (Å²) in [4.78, 5) is 44.1. The van der Waals surface area contributed by atoms with Crippen LogP contribution in [0.3, 0.4) is 0 Å². The van der Waals surface area contributed by atoms with Gasteiger partial charge in [-0.1, -0.05) is 77.0 Å². The van der Waals surface area contributed by atoms with Crippen molar-refractivity contribution in [2.24, 2.45) is 21.7 Å². The van der Waals surface area contributed by atoms with Crippen LogP contribution in [0.25, 0.3) is 0 Å². The summed E-state index contributed by atoms with van der Waals surface area (Å²) >= 11 is 0. The van der Waals surface area contributed by atoms with Gasteiger partial charge in [-0.2, -0.15) is 0 Å². The van der Waals surface area contributed by atoms with Crippen LogP contribution in [-0.2, 0) is 19.2 Å². The van der Waals surface area contributed by atoms with Crippen molar-refractivity contribution in [2.75, 3.05) is 0 Å². The molecule has 0 radical (unpaired) electrons. The lowest BCUT2D eigenvalue weighted by atomic mass is 9.86. The van der Waals surface area contributed by atoms with E-state index in [4.69, 9.17) is 20.4 Å². The molecule has 0 bridgehead atoms. The molecule has 48 heavy (non-hydrogen) atoms. The molecule has 0 spiro atoms. The predicted molar refractivity (Wildman–Crippen MR) is 186 cm³/mol. The third-order valence-electron chi connectivity index (χ3n) is 10.8. The third kappa shape index (κ3) is 17.5. The average Bonchev–Trinajstić information content (AvgIpc) is 3.93. The Labute approximate surface area is 289 Å². The molecule has 0 aromatic rings. The van der Waals surface area contributed by atoms with Crippen LogP contribution in [0.4, 0.5) is 0 Å². The van der Waals surface area contributed by atoms with E-state index in [1.807, 2.05) is 0 Å². The summed E-state index contributed by atoms with van der Waals surface area (Å²) in [6.45, 7) is 6.98. The van der Waals surface area contributed by atoms with E-state index in [-0.39, 0.29) is 12.2 Å². The first-order valence-electron chi connectivity index (χ1n) is 18.7. The molecule has 2 aliphatic carbocycles. The summed E-state index contributed by atoms with van der Waals surface area (Å²) in [5.74, 6) is -2.79. The first-order valence-corrected chi connectivity index (χ1v) is 18.7. The number of aliphatic carboxylic acids is 4. The highest BCUT2D eigenvalue weighted by atomic mass is 16.4. The standard InChI is InChI=1S/C19H32O5.C19H36O5/c20-15(7-3-1-5-9-18(11-12-18)16(21)22)8-4-2-6-10-19(13-14-19)17(23)24;1-18(2,16(21)22)13-9-5-7-11-15(20)12-8-6-10-14-19(3,4)17(23)24/h15,20H,1-14H2,(H,21,22)(H,23,24);15,20H,5-14H2,1-4H3,(H,21,22)(H,23,24). The molecule has 2 rings (SSSR count). The maximum atomic E-state index is 11.1. The van der Waals surface area contributed by atoms with Crippen LogP contribution in [0.15, 0.2) is 0 Å². The van der Waals surface area contributed by atoms with E-state index in [9.17, 15) is 29.4 Å². The monoisotopic (exact) mass is 684 g/mol. The molecule has 0 aromatic heterocycles. The van der Waals surface area contributed by atoms with Gasteiger partial charge in [0.25, 0.3) is 0 Å². The number of carboxylic acid groups (broad SMARTS) is 4. The summed E-state index contributed by atoms with van der Waals surface area (Å²) in [6.07, 6.45) is 20.0. The van der Waals surface area contributed by atoms with Crippen LogP contribution in [0.5, 0.6) is 0 Å². The van der Waals surface area contributed by atoms with Crippen molar-refractivity contribution in [1.29, 1.82) is 0 Å². The molecule has 280 valence electrons. The lowest BCUT2D eigenvalue weighted by Crippen LogP contribution is -2.23. The van der Waals surface area contributed by atoms with Crippen molar-refractivity contribution in [3.05, 3.63) is 0 Å². The Morgan fingerprint density at radius 3 is 0.979 bits per heavy atom. The molecule has 6 N–H and O–H groups in total. The molecule has 0 amide bonds. The topological polar surface area (TPSA) is 190 Å². The van der Waals surface area contributed by atoms with Crippen LogP contribution in [0, 0.1) is 21.7 Å². The fraction of sp³-hybridized carbons (Fsp3) is 0.895. The van der Waals surface area contributed by atoms with E-state index >= 15 is 0 Å². The van der Waals surface area contributed by atoms with E-state index in [1.54, 1.807) is 27.7 Å². The van der Waals surface area contributed by atoms with Crippen molar-refractivity contribution in [3.8, 4) is 0 Å². The lowest BCUT2D eigenvalue weighted by molar-refractivity contribution is -0.148. The molecule has 2 aliphatic rings. The quantitative estimate of drug-likeness (QED) is 0.0436. The minimum absolute atomic E-state index is 0.270. The zero-order valence-corrected chi connectivity index (χ0v) is 30.4. The van der Waals surface area contributed by atoms with Gasteiger partial charge in [0.15, 0.2) is 0 Å². The van der Waals surface area contributed by atoms with Gasteiger partial charge in [0.1, 0.15) is 0 Å². The number of hydrogen-bond donors (Lipinski definition) is 6. The summed E-state index contributed by atoms with van der Waals surface area (Å²) in [5.41, 5.74) is -2.15. The van der Waals surface area contributed by atoms with Crippen LogP contribution in [0.2, 0.25) is 0 Å². The molecule has 2 saturated carbocycles. The second kappa shape index (κ2) is 21.1. The summed E-state index contributed by atoms with van der Waals surface area (Å²) in [5, 5.41) is 56.2. The normalized spacial score (nSPS) is 16.3. The first-order chi connectivity index (χ1) is 22.4. The molecule has 10 nitrogen and oxygen atoms in total. The third-order valence-corrected chi connectivity index (χ3v) is 10.8. The molecular formula is C38H68O10. The Bertz CT molecular complexity index is 850. The highest BCUT2D eigenvalue weighted by Crippen LogP contribution is 2.51. The first kappa shape index (κ1) is 43.8. The van der Waals surface area contributed by atoms with Crippen molar-refractivity contribution < 1.29 is 49.8 Å². The van der Waals surface area contributed by atoms with Crippen molar-refractivity contribution in [2.45, 2.75) is 194 Å². The number of unbranched alkanes of at least 4 members (excludes halogenated alkanes) is 8. The predicted octanol–water partition coefficient (Wildman–Crippen LogP) is 8.45. The molecule has 0 saturated heterocycles. The van der Waals surface area contributed by atoms with Gasteiger partial charge in [0.2, 0.25) is 0 Å². The van der Waals surface area contributed by atoms with E-state index in [0.29, 0.717) is 12.8 Å². The van der Waals surface area contributed by atoms with Gasteiger partial charge in [-0.15, -0.1) is 0 Å². The fourth-order valence-corrected chi connectivity index (χ4v) is 6.23. The summed E-state index contributed by atoms with van der Waals surface area (Å²) in [6, 6.07) is 0. The minimum Gasteiger partial charge on any atom is -0.481 e. The molecule has 2 fully saturated rings. The number of aliphatic hydroxyl groups is 2. The Morgan fingerprint density at radius 2 is 0.750 bits per heavy atom. The lowest BCUT2D eigenvalue weighted by Gasteiger charge is -2.19. The summed E-state index contributed by atoms with van der Waals surface area (Å²) < 4.78 is 0. The minimum atomic E-state index is -0.756. The van der Waals surface area contributed by atoms with Gasteiger partial charge in [-0.05, 0) is 105 Å². The smallest absolute Gasteiger partial charge is 0.309 e. The zero-order chi connectivity index (χ0) is 36.4. The number of rotatable bonds is 28. The second-order valence-electron chi connectivity index (χ2n) is 16.3. The Hall–Kier alpha value is -2.20. The average molecular weight is 685 g/mol. The van der Waals surface area contributed by atoms with Gasteiger partial charge < -0.3 is 30.6 Å². The fourth-order valence-electron chi connectivity index (χ4n) is 6.23. The largest absolute Gasteiger partial charge is 0.481 e. The van der Waals surface area contributed by atoms with Gasteiger partial charge in [-0.25, -0.2) is 0 Å². The molecule has 0 unspecified atom stereocenters. The highest BCUT2D eigenvalue weighted by Gasteiger charge is 2.49. The van der Waals surface area contributed by atoms with E-state index in [1.165, 1.54) is 0 Å². The number of carbonyl (C=O) groups is 4. The van der Waals surface area contributed by atoms with Crippen LogP contribution in [-0.4, -0.2) is 66.7 Å². The number of aliphatic hydroxyl groups excluding tert-OH is 2. The molecular weight excluding hydrogens is 616 g/mol. The van der Waals surface area contributed by atoms with Gasteiger partial charge >= 0.3 is 23.9 Å². The maximum Gasteiger partial charge on any atom is 0.309 e. The molecule has 0 heterocycles. The number of carboxylic acids is 4. The molecule has 0 aliphatic heterocycles. The Morgan fingerprint density at radius 1 is 0.479 bits per heavy atom. The van der Waals surface area contributed by atoms with Crippen molar-refractivity contribution in [1.82, 2.24) is 0 Å². The SMILES string of the molecule is CC(C)(CCCCCC(O)CCCCCC(C)(C)C(=O)O)C(=O)O.O=C(O)C1(CCCCCC(O)CCCCCC2(C(=O)O)CC2)CC1. The maximum absolute atomic E-state index is 11.1. The van der Waals surface area contributed by atoms with Gasteiger partial charge in [0, 0.05) is 0 Å². The summed E-state index contributed by atoms with van der Waals surface area (Å²) in [7, 11) is 0. The van der Waals surface area contributed by atoms with Crippen molar-refractivity contribution in [3.63, 3.8) is 0 Å². The molecule has 0 aromatic carbocycles. The Kier molecular flexibility index (Phi) is 19.3. The molecule has 0 atom stereocenters. The van der Waals surface area contributed by atoms with E-state index < -0.39 is 45.5 Å². The second-order valence-corrected chi connectivity index (χ2v) is 16.3. The van der Waals surface area contributed by atoms with E-state index in [2.05, 4.69) is 0 Å². The highest BCUT2D eigenvalue weighted by molar-refractivity contribution is 5.78.